The molecule has 1 heterocycles. The first-order valence-corrected chi connectivity index (χ1v) is 10.8. The zero-order valence-electron chi connectivity index (χ0n) is 18.2. The Labute approximate surface area is 190 Å². The van der Waals surface area contributed by atoms with E-state index in [0.717, 1.165) is 28.2 Å². The van der Waals surface area contributed by atoms with Gasteiger partial charge in [-0.15, -0.1) is 0 Å². The molecule has 0 spiro atoms. The van der Waals surface area contributed by atoms with E-state index in [1.807, 2.05) is 32.9 Å². The van der Waals surface area contributed by atoms with E-state index >= 15 is 0 Å². The van der Waals surface area contributed by atoms with Crippen molar-refractivity contribution in [1.29, 1.82) is 5.26 Å². The molecule has 1 aromatic heterocycles. The Morgan fingerprint density at radius 2 is 1.78 bits per heavy atom. The molecule has 0 aliphatic rings. The van der Waals surface area contributed by atoms with Crippen LogP contribution in [0.1, 0.15) is 28.1 Å². The van der Waals surface area contributed by atoms with E-state index in [9.17, 15) is 18.8 Å². The van der Waals surface area contributed by atoms with E-state index < -0.39 is 11.7 Å². The average molecular weight is 452 g/mol. The number of hydrogen-bond donors (Lipinski definition) is 1. The largest absolute Gasteiger partial charge is 0.321 e. The van der Waals surface area contributed by atoms with Crippen molar-refractivity contribution in [2.75, 3.05) is 5.32 Å². The van der Waals surface area contributed by atoms with E-state index in [4.69, 9.17) is 0 Å². The van der Waals surface area contributed by atoms with Crippen molar-refractivity contribution in [1.82, 2.24) is 4.57 Å². The minimum absolute atomic E-state index is 0.0445. The highest BCUT2D eigenvalue weighted by molar-refractivity contribution is 7.99. The molecule has 0 bridgehead atoms. The van der Waals surface area contributed by atoms with Gasteiger partial charge >= 0.3 is 0 Å². The number of benzene rings is 2. The lowest BCUT2D eigenvalue weighted by Crippen LogP contribution is -2.13. The van der Waals surface area contributed by atoms with E-state index in [1.54, 1.807) is 6.08 Å². The SMILES string of the molecule is Cc1ccc(-n2c(C)cc(C=C(C#N)C(=O)Nc3ccc(SC(F)F)cc3)c2C)c(C)c1. The highest BCUT2D eigenvalue weighted by atomic mass is 32.2. The summed E-state index contributed by atoms with van der Waals surface area (Å²) in [5, 5.41) is 12.2. The molecule has 4 nitrogen and oxygen atoms in total. The predicted molar refractivity (Wildman–Crippen MR) is 125 cm³/mol. The maximum atomic E-state index is 12.6. The Hall–Kier alpha value is -3.37. The van der Waals surface area contributed by atoms with Gasteiger partial charge in [0.2, 0.25) is 0 Å². The lowest BCUT2D eigenvalue weighted by atomic mass is 10.1. The van der Waals surface area contributed by atoms with Crippen molar-refractivity contribution in [3.05, 3.63) is 82.2 Å². The van der Waals surface area contributed by atoms with Gasteiger partial charge in [-0.05, 0) is 81.3 Å². The number of amides is 1. The molecule has 0 fully saturated rings. The van der Waals surface area contributed by atoms with E-state index in [1.165, 1.54) is 29.8 Å². The number of hydrogen-bond acceptors (Lipinski definition) is 3. The molecule has 0 radical (unpaired) electrons. The summed E-state index contributed by atoms with van der Waals surface area (Å²) in [4.78, 5) is 13.0. The van der Waals surface area contributed by atoms with Crippen LogP contribution in [0.25, 0.3) is 11.8 Å². The fraction of sp³-hybridized carbons (Fsp3) is 0.200. The highest BCUT2D eigenvalue weighted by Crippen LogP contribution is 2.27. The third-order valence-corrected chi connectivity index (χ3v) is 5.79. The van der Waals surface area contributed by atoms with Crippen LogP contribution in [-0.2, 0) is 4.79 Å². The maximum absolute atomic E-state index is 12.6. The zero-order valence-corrected chi connectivity index (χ0v) is 19.1. The van der Waals surface area contributed by atoms with Crippen LogP contribution < -0.4 is 5.32 Å². The molecule has 0 saturated heterocycles. The number of rotatable bonds is 6. The Bertz CT molecular complexity index is 1220. The number of nitriles is 1. The highest BCUT2D eigenvalue weighted by Gasteiger charge is 2.15. The number of carbonyl (C=O) groups excluding carboxylic acids is 1. The first kappa shape index (κ1) is 23.3. The van der Waals surface area contributed by atoms with Gasteiger partial charge in [0.25, 0.3) is 11.7 Å². The molecule has 0 saturated carbocycles. The van der Waals surface area contributed by atoms with Crippen molar-refractivity contribution in [3.63, 3.8) is 0 Å². The molecule has 0 atom stereocenters. The normalized spacial score (nSPS) is 11.5. The van der Waals surface area contributed by atoms with Crippen LogP contribution >= 0.6 is 11.8 Å². The van der Waals surface area contributed by atoms with Gasteiger partial charge < -0.3 is 9.88 Å². The molecule has 0 unspecified atom stereocenters. The Balaban J connectivity index is 1.86. The summed E-state index contributed by atoms with van der Waals surface area (Å²) in [7, 11) is 0. The number of carbonyl (C=O) groups is 1. The van der Waals surface area contributed by atoms with Gasteiger partial charge in [-0.1, -0.05) is 29.5 Å². The van der Waals surface area contributed by atoms with E-state index in [-0.39, 0.29) is 5.57 Å². The average Bonchev–Trinajstić information content (AvgIpc) is 3.00. The molecule has 32 heavy (non-hydrogen) atoms. The van der Waals surface area contributed by atoms with Gasteiger partial charge in [-0.2, -0.15) is 14.0 Å². The summed E-state index contributed by atoms with van der Waals surface area (Å²) in [6.07, 6.45) is 1.57. The van der Waals surface area contributed by atoms with Gasteiger partial charge in [0.1, 0.15) is 11.6 Å². The Morgan fingerprint density at radius 3 is 2.38 bits per heavy atom. The summed E-state index contributed by atoms with van der Waals surface area (Å²) in [6, 6.07) is 16.2. The molecule has 3 aromatic rings. The number of halogens is 2. The van der Waals surface area contributed by atoms with Crippen molar-refractivity contribution < 1.29 is 13.6 Å². The molecule has 164 valence electrons. The number of nitrogens with one attached hydrogen (secondary N) is 1. The predicted octanol–water partition coefficient (Wildman–Crippen LogP) is 6.57. The van der Waals surface area contributed by atoms with Crippen LogP contribution in [0.5, 0.6) is 0 Å². The third-order valence-electron chi connectivity index (χ3n) is 5.07. The standard InChI is InChI=1S/C25H23F2N3OS/c1-15-5-10-23(16(2)11-15)30-17(3)12-19(18(30)4)13-20(14-28)24(31)29-21-6-8-22(9-7-21)32-25(26)27/h5-13,25H,1-4H3,(H,29,31). The zero-order chi connectivity index (χ0) is 23.4. The first-order valence-electron chi connectivity index (χ1n) is 9.94. The van der Waals surface area contributed by atoms with Gasteiger partial charge in [0.05, 0.1) is 0 Å². The smallest absolute Gasteiger partial charge is 0.288 e. The fourth-order valence-electron chi connectivity index (χ4n) is 3.58. The van der Waals surface area contributed by atoms with Gasteiger partial charge in [-0.25, -0.2) is 0 Å². The number of alkyl halides is 2. The minimum Gasteiger partial charge on any atom is -0.321 e. The second-order valence-electron chi connectivity index (χ2n) is 7.48. The van der Waals surface area contributed by atoms with Crippen molar-refractivity contribution in [2.24, 2.45) is 0 Å². The summed E-state index contributed by atoms with van der Waals surface area (Å²) in [5.41, 5.74) is 6.43. The van der Waals surface area contributed by atoms with Crippen molar-refractivity contribution in [3.8, 4) is 11.8 Å². The van der Waals surface area contributed by atoms with E-state index in [0.29, 0.717) is 22.3 Å². The molecular weight excluding hydrogens is 428 g/mol. The number of aromatic nitrogens is 1. The quantitative estimate of drug-likeness (QED) is 0.262. The van der Waals surface area contributed by atoms with Gasteiger partial charge in [-0.3, -0.25) is 4.79 Å². The number of anilines is 1. The molecule has 3 rings (SSSR count). The second kappa shape index (κ2) is 9.84. The first-order chi connectivity index (χ1) is 15.2. The summed E-state index contributed by atoms with van der Waals surface area (Å²) in [5.74, 6) is -3.07. The van der Waals surface area contributed by atoms with Crippen LogP contribution in [0.15, 0.2) is 59.0 Å². The molecule has 7 heteroatoms. The van der Waals surface area contributed by atoms with Crippen molar-refractivity contribution >= 4 is 29.4 Å². The Kier molecular flexibility index (Phi) is 7.16. The summed E-state index contributed by atoms with van der Waals surface area (Å²) in [6.45, 7) is 8.03. The van der Waals surface area contributed by atoms with Crippen LogP contribution in [0.3, 0.4) is 0 Å². The number of aryl methyl sites for hydroxylation is 3. The van der Waals surface area contributed by atoms with Crippen LogP contribution in [0.4, 0.5) is 14.5 Å². The lowest BCUT2D eigenvalue weighted by Gasteiger charge is -2.13. The molecule has 1 N–H and O–H groups in total. The van der Waals surface area contributed by atoms with Crippen molar-refractivity contribution in [2.45, 2.75) is 38.3 Å². The summed E-state index contributed by atoms with van der Waals surface area (Å²) >= 11 is 0.432. The summed E-state index contributed by atoms with van der Waals surface area (Å²) < 4.78 is 27.0. The van der Waals surface area contributed by atoms with Crippen LogP contribution in [0, 0.1) is 39.0 Å². The molecule has 1 amide bonds. The van der Waals surface area contributed by atoms with Gasteiger partial charge in [0.15, 0.2) is 0 Å². The lowest BCUT2D eigenvalue weighted by molar-refractivity contribution is -0.112. The molecule has 2 aromatic carbocycles. The monoisotopic (exact) mass is 451 g/mol. The van der Waals surface area contributed by atoms with E-state index in [2.05, 4.69) is 35.0 Å². The molecule has 0 aliphatic carbocycles. The second-order valence-corrected chi connectivity index (χ2v) is 8.54. The van der Waals surface area contributed by atoms with Gasteiger partial charge in [0, 0.05) is 27.7 Å². The van der Waals surface area contributed by atoms with Crippen LogP contribution in [-0.4, -0.2) is 16.2 Å². The maximum Gasteiger partial charge on any atom is 0.288 e. The topological polar surface area (TPSA) is 57.8 Å². The molecule has 0 aliphatic heterocycles. The Morgan fingerprint density at radius 1 is 1.09 bits per heavy atom. The fourth-order valence-corrected chi connectivity index (χ4v) is 4.08. The number of thioether (sulfide) groups is 1. The van der Waals surface area contributed by atoms with Crippen LogP contribution in [0.2, 0.25) is 0 Å². The third kappa shape index (κ3) is 5.27. The molecular formula is C25H23F2N3OS. The number of nitrogens with zero attached hydrogens (tertiary/aromatic N) is 2. The minimum atomic E-state index is -2.51.